The summed E-state index contributed by atoms with van der Waals surface area (Å²) in [6.07, 6.45) is 8.36. The molecule has 2 N–H and O–H groups in total. The lowest BCUT2D eigenvalue weighted by atomic mass is 10.0. The minimum atomic E-state index is 0.240. The van der Waals surface area contributed by atoms with Crippen LogP contribution in [0.4, 0.5) is 0 Å². The fraction of sp³-hybridized carbons (Fsp3) is 0.929. The van der Waals surface area contributed by atoms with Crippen LogP contribution in [0.5, 0.6) is 0 Å². The first kappa shape index (κ1) is 13.8. The van der Waals surface area contributed by atoms with Crippen LogP contribution in [0.25, 0.3) is 0 Å². The number of hydrogen-bond acceptors (Lipinski definition) is 3. The maximum absolute atomic E-state index is 12.1. The van der Waals surface area contributed by atoms with Gasteiger partial charge in [0.2, 0.25) is 5.91 Å². The molecule has 104 valence electrons. The summed E-state index contributed by atoms with van der Waals surface area (Å²) in [6, 6.07) is 0.628. The van der Waals surface area contributed by atoms with Crippen molar-refractivity contribution in [2.75, 3.05) is 26.7 Å². The first-order valence-electron chi connectivity index (χ1n) is 7.42. The highest BCUT2D eigenvalue weighted by Gasteiger charge is 2.27. The fourth-order valence-electron chi connectivity index (χ4n) is 3.26. The van der Waals surface area contributed by atoms with Gasteiger partial charge < -0.3 is 10.6 Å². The molecule has 2 aliphatic rings. The van der Waals surface area contributed by atoms with Gasteiger partial charge in [-0.2, -0.15) is 0 Å². The van der Waals surface area contributed by atoms with Gasteiger partial charge in [-0.1, -0.05) is 19.3 Å². The molecule has 0 radical (unpaired) electrons. The molecule has 0 aromatic carbocycles. The number of nitrogens with two attached hydrogens (primary N) is 1. The predicted molar refractivity (Wildman–Crippen MR) is 73.3 cm³/mol. The van der Waals surface area contributed by atoms with E-state index in [1.807, 2.05) is 4.90 Å². The van der Waals surface area contributed by atoms with Crippen LogP contribution in [0.2, 0.25) is 0 Å². The number of nitrogens with zero attached hydrogens (tertiary/aromatic N) is 2. The molecule has 1 saturated carbocycles. The maximum atomic E-state index is 12.1. The summed E-state index contributed by atoms with van der Waals surface area (Å²) < 4.78 is 0. The van der Waals surface area contributed by atoms with Crippen molar-refractivity contribution in [2.45, 2.75) is 57.0 Å². The SMILES string of the molecule is CN(CC(=O)N1CCCC1)C1CCCCCC1N. The molecular weight excluding hydrogens is 226 g/mol. The Morgan fingerprint density at radius 2 is 1.83 bits per heavy atom. The Balaban J connectivity index is 1.85. The van der Waals surface area contributed by atoms with Gasteiger partial charge in [-0.3, -0.25) is 9.69 Å². The molecule has 1 amide bonds. The van der Waals surface area contributed by atoms with E-state index in [-0.39, 0.29) is 11.9 Å². The standard InChI is InChI=1S/C14H27N3O/c1-16(11-14(18)17-9-5-6-10-17)13-8-4-2-3-7-12(13)15/h12-13H,2-11,15H2,1H3. The van der Waals surface area contributed by atoms with E-state index in [1.165, 1.54) is 32.1 Å². The third kappa shape index (κ3) is 3.45. The second-order valence-electron chi connectivity index (χ2n) is 5.87. The molecule has 0 spiro atoms. The molecule has 2 atom stereocenters. The Bertz CT molecular complexity index is 276. The van der Waals surface area contributed by atoms with E-state index in [2.05, 4.69) is 11.9 Å². The van der Waals surface area contributed by atoms with E-state index in [0.29, 0.717) is 12.6 Å². The lowest BCUT2D eigenvalue weighted by Crippen LogP contribution is -2.49. The van der Waals surface area contributed by atoms with Crippen LogP contribution >= 0.6 is 0 Å². The summed E-state index contributed by atoms with van der Waals surface area (Å²) in [7, 11) is 2.06. The van der Waals surface area contributed by atoms with E-state index in [0.717, 1.165) is 25.9 Å². The number of carbonyl (C=O) groups is 1. The average Bonchev–Trinajstić information content (AvgIpc) is 2.79. The number of likely N-dealkylation sites (N-methyl/N-ethyl adjacent to an activating group) is 1. The zero-order valence-corrected chi connectivity index (χ0v) is 11.6. The Morgan fingerprint density at radius 3 is 2.56 bits per heavy atom. The van der Waals surface area contributed by atoms with E-state index < -0.39 is 0 Å². The van der Waals surface area contributed by atoms with Crippen LogP contribution in [-0.2, 0) is 4.79 Å². The second kappa shape index (κ2) is 6.53. The molecule has 18 heavy (non-hydrogen) atoms. The van der Waals surface area contributed by atoms with Gasteiger partial charge in [0, 0.05) is 25.2 Å². The van der Waals surface area contributed by atoms with Crippen LogP contribution in [0.1, 0.15) is 44.9 Å². The van der Waals surface area contributed by atoms with Crippen LogP contribution < -0.4 is 5.73 Å². The zero-order chi connectivity index (χ0) is 13.0. The van der Waals surface area contributed by atoms with Gasteiger partial charge in [0.1, 0.15) is 0 Å². The van der Waals surface area contributed by atoms with Crippen LogP contribution in [0.3, 0.4) is 0 Å². The second-order valence-corrected chi connectivity index (χ2v) is 5.87. The van der Waals surface area contributed by atoms with Crippen LogP contribution in [0, 0.1) is 0 Å². The molecule has 1 heterocycles. The first-order chi connectivity index (χ1) is 8.68. The smallest absolute Gasteiger partial charge is 0.236 e. The Kier molecular flexibility index (Phi) is 5.01. The molecule has 4 heteroatoms. The van der Waals surface area contributed by atoms with Gasteiger partial charge in [-0.05, 0) is 32.7 Å². The number of likely N-dealkylation sites (tertiary alicyclic amines) is 1. The van der Waals surface area contributed by atoms with Gasteiger partial charge >= 0.3 is 0 Å². The fourth-order valence-corrected chi connectivity index (χ4v) is 3.26. The molecule has 1 aliphatic carbocycles. The van der Waals surface area contributed by atoms with Crippen molar-refractivity contribution in [1.82, 2.24) is 9.80 Å². The molecule has 1 saturated heterocycles. The summed E-state index contributed by atoms with van der Waals surface area (Å²) in [5, 5.41) is 0. The highest BCUT2D eigenvalue weighted by Crippen LogP contribution is 2.20. The van der Waals surface area contributed by atoms with Crippen LogP contribution in [0.15, 0.2) is 0 Å². The lowest BCUT2D eigenvalue weighted by molar-refractivity contribution is -0.131. The zero-order valence-electron chi connectivity index (χ0n) is 11.6. The number of rotatable bonds is 3. The highest BCUT2D eigenvalue weighted by molar-refractivity contribution is 5.78. The minimum absolute atomic E-state index is 0.240. The monoisotopic (exact) mass is 253 g/mol. The van der Waals surface area contributed by atoms with Gasteiger partial charge in [0.05, 0.1) is 6.54 Å². The molecular formula is C14H27N3O. The van der Waals surface area contributed by atoms with Crippen molar-refractivity contribution < 1.29 is 4.79 Å². The third-order valence-electron chi connectivity index (χ3n) is 4.44. The molecule has 0 aromatic rings. The summed E-state index contributed by atoms with van der Waals surface area (Å²) in [5.74, 6) is 0.284. The normalized spacial score (nSPS) is 29.6. The Morgan fingerprint density at radius 1 is 1.17 bits per heavy atom. The van der Waals surface area contributed by atoms with Crippen LogP contribution in [-0.4, -0.2) is 54.5 Å². The van der Waals surface area contributed by atoms with Gasteiger partial charge in [-0.25, -0.2) is 0 Å². The number of hydrogen-bond donors (Lipinski definition) is 1. The van der Waals surface area contributed by atoms with Crippen molar-refractivity contribution in [3.8, 4) is 0 Å². The summed E-state index contributed by atoms with van der Waals surface area (Å²) >= 11 is 0. The summed E-state index contributed by atoms with van der Waals surface area (Å²) in [5.41, 5.74) is 6.24. The molecule has 2 unspecified atom stereocenters. The molecule has 1 aliphatic heterocycles. The third-order valence-corrected chi connectivity index (χ3v) is 4.44. The lowest BCUT2D eigenvalue weighted by Gasteiger charge is -2.32. The summed E-state index contributed by atoms with van der Waals surface area (Å²) in [6.45, 7) is 2.44. The molecule has 2 fully saturated rings. The quantitative estimate of drug-likeness (QED) is 0.769. The van der Waals surface area contributed by atoms with E-state index >= 15 is 0 Å². The molecule has 4 nitrogen and oxygen atoms in total. The van der Waals surface area contributed by atoms with Gasteiger partial charge in [-0.15, -0.1) is 0 Å². The highest BCUT2D eigenvalue weighted by atomic mass is 16.2. The van der Waals surface area contributed by atoms with Crippen molar-refractivity contribution in [3.05, 3.63) is 0 Å². The first-order valence-corrected chi connectivity index (χ1v) is 7.42. The average molecular weight is 253 g/mol. The van der Waals surface area contributed by atoms with Crippen molar-refractivity contribution >= 4 is 5.91 Å². The molecule has 2 rings (SSSR count). The number of carbonyl (C=O) groups excluding carboxylic acids is 1. The largest absolute Gasteiger partial charge is 0.342 e. The number of amides is 1. The summed E-state index contributed by atoms with van der Waals surface area (Å²) in [4.78, 5) is 16.3. The van der Waals surface area contributed by atoms with E-state index in [4.69, 9.17) is 5.73 Å². The molecule has 0 bridgehead atoms. The van der Waals surface area contributed by atoms with Gasteiger partial charge in [0.25, 0.3) is 0 Å². The van der Waals surface area contributed by atoms with E-state index in [9.17, 15) is 4.79 Å². The minimum Gasteiger partial charge on any atom is -0.342 e. The van der Waals surface area contributed by atoms with Gasteiger partial charge in [0.15, 0.2) is 0 Å². The van der Waals surface area contributed by atoms with E-state index in [1.54, 1.807) is 0 Å². The van der Waals surface area contributed by atoms with Crippen molar-refractivity contribution in [2.24, 2.45) is 5.73 Å². The van der Waals surface area contributed by atoms with Crippen molar-refractivity contribution in [1.29, 1.82) is 0 Å². The predicted octanol–water partition coefficient (Wildman–Crippen LogP) is 1.20. The van der Waals surface area contributed by atoms with Crippen molar-refractivity contribution in [3.63, 3.8) is 0 Å². The maximum Gasteiger partial charge on any atom is 0.236 e. The topological polar surface area (TPSA) is 49.6 Å². The Hall–Kier alpha value is -0.610. The Labute approximate surface area is 110 Å². The molecule has 0 aromatic heterocycles.